The molecule has 0 bridgehead atoms. The van der Waals surface area contributed by atoms with Crippen molar-refractivity contribution in [3.63, 3.8) is 0 Å². The lowest BCUT2D eigenvalue weighted by Gasteiger charge is -2.26. The van der Waals surface area contributed by atoms with Crippen molar-refractivity contribution in [3.8, 4) is 0 Å². The molecule has 156 valence electrons. The van der Waals surface area contributed by atoms with Crippen molar-refractivity contribution in [1.29, 1.82) is 0 Å². The summed E-state index contributed by atoms with van der Waals surface area (Å²) in [4.78, 5) is 11.6. The Hall–Kier alpha value is -2.27. The van der Waals surface area contributed by atoms with E-state index in [0.717, 1.165) is 22.5 Å². The maximum absolute atomic E-state index is 14.2. The van der Waals surface area contributed by atoms with Gasteiger partial charge in [0.1, 0.15) is 16.5 Å². The lowest BCUT2D eigenvalue weighted by molar-refractivity contribution is -0.114. The highest BCUT2D eigenvalue weighted by Gasteiger charge is 2.29. The molecule has 0 spiro atoms. The van der Waals surface area contributed by atoms with E-state index in [1.807, 2.05) is 0 Å². The van der Waals surface area contributed by atoms with E-state index in [0.29, 0.717) is 5.69 Å². The van der Waals surface area contributed by atoms with Crippen LogP contribution in [0.1, 0.15) is 0 Å². The van der Waals surface area contributed by atoms with Gasteiger partial charge < -0.3 is 15.4 Å². The van der Waals surface area contributed by atoms with Crippen molar-refractivity contribution in [3.05, 3.63) is 53.1 Å². The number of ether oxygens (including phenoxy) is 1. The number of carbonyl (C=O) groups is 1. The van der Waals surface area contributed by atoms with Crippen molar-refractivity contribution < 1.29 is 26.7 Å². The second-order valence-corrected chi connectivity index (χ2v) is 8.51. The number of morpholine rings is 1. The quantitative estimate of drug-likeness (QED) is 0.713. The third kappa shape index (κ3) is 5.21. The van der Waals surface area contributed by atoms with E-state index in [2.05, 4.69) is 10.6 Å². The number of nitrogens with zero attached hydrogens (tertiary/aromatic N) is 1. The molecule has 1 heterocycles. The van der Waals surface area contributed by atoms with Crippen LogP contribution >= 0.6 is 11.6 Å². The molecule has 2 aromatic carbocycles. The lowest BCUT2D eigenvalue weighted by atomic mass is 10.3. The monoisotopic (exact) mass is 445 g/mol. The van der Waals surface area contributed by atoms with Crippen LogP contribution in [0.4, 0.5) is 20.2 Å². The maximum atomic E-state index is 14.2. The normalized spacial score (nSPS) is 15.1. The van der Waals surface area contributed by atoms with Crippen LogP contribution in [-0.4, -0.2) is 51.5 Å². The maximum Gasteiger partial charge on any atom is 0.246 e. The van der Waals surface area contributed by atoms with Crippen LogP contribution in [0.25, 0.3) is 0 Å². The Kier molecular flexibility index (Phi) is 6.68. The molecule has 11 heteroatoms. The van der Waals surface area contributed by atoms with Crippen LogP contribution in [0, 0.1) is 11.6 Å². The summed E-state index contributed by atoms with van der Waals surface area (Å²) in [5, 5.41) is 5.13. The Morgan fingerprint density at radius 1 is 1.07 bits per heavy atom. The van der Waals surface area contributed by atoms with Gasteiger partial charge in [0.2, 0.25) is 15.9 Å². The molecule has 0 unspecified atom stereocenters. The lowest BCUT2D eigenvalue weighted by Crippen LogP contribution is -2.40. The zero-order valence-electron chi connectivity index (χ0n) is 15.1. The SMILES string of the molecule is O=C(CNc1ccc(F)c(S(=O)(=O)N2CCOCC2)c1)Nc1ccc(F)c(Cl)c1. The number of halogens is 3. The van der Waals surface area contributed by atoms with Crippen molar-refractivity contribution in [2.45, 2.75) is 4.90 Å². The van der Waals surface area contributed by atoms with Gasteiger partial charge in [-0.1, -0.05) is 11.6 Å². The van der Waals surface area contributed by atoms with Gasteiger partial charge in [-0.05, 0) is 36.4 Å². The molecule has 0 atom stereocenters. The average molecular weight is 446 g/mol. The number of anilines is 2. The minimum atomic E-state index is -4.02. The molecular formula is C18H18ClF2N3O4S. The second kappa shape index (κ2) is 9.04. The molecule has 0 aromatic heterocycles. The standard InChI is InChI=1S/C18H18ClF2N3O4S/c19-14-9-13(2-3-15(14)20)23-18(25)11-22-12-1-4-16(21)17(10-12)29(26,27)24-5-7-28-8-6-24/h1-4,9-10,22H,5-8,11H2,(H,23,25). The van der Waals surface area contributed by atoms with Crippen LogP contribution in [-0.2, 0) is 19.6 Å². The van der Waals surface area contributed by atoms with Crippen molar-refractivity contribution in [2.24, 2.45) is 0 Å². The third-order valence-electron chi connectivity index (χ3n) is 4.18. The largest absolute Gasteiger partial charge is 0.379 e. The number of carbonyl (C=O) groups excluding carboxylic acids is 1. The summed E-state index contributed by atoms with van der Waals surface area (Å²) in [6.45, 7) is 0.542. The first kappa shape index (κ1) is 21.4. The Labute approximate surface area is 171 Å². The highest BCUT2D eigenvalue weighted by molar-refractivity contribution is 7.89. The van der Waals surface area contributed by atoms with E-state index < -0.39 is 32.5 Å². The summed E-state index contributed by atoms with van der Waals surface area (Å²) in [5.74, 6) is -1.97. The van der Waals surface area contributed by atoms with Crippen molar-refractivity contribution in [1.82, 2.24) is 4.31 Å². The summed E-state index contributed by atoms with van der Waals surface area (Å²) < 4.78 is 59.0. The van der Waals surface area contributed by atoms with Crippen LogP contribution in [0.2, 0.25) is 5.02 Å². The Morgan fingerprint density at radius 3 is 2.41 bits per heavy atom. The molecule has 1 saturated heterocycles. The third-order valence-corrected chi connectivity index (χ3v) is 6.38. The summed E-state index contributed by atoms with van der Waals surface area (Å²) in [6, 6.07) is 7.23. The minimum Gasteiger partial charge on any atom is -0.379 e. The van der Waals surface area contributed by atoms with Gasteiger partial charge in [-0.15, -0.1) is 0 Å². The average Bonchev–Trinajstić information content (AvgIpc) is 2.70. The molecule has 1 aliphatic rings. The van der Waals surface area contributed by atoms with Gasteiger partial charge in [-0.25, -0.2) is 17.2 Å². The van der Waals surface area contributed by atoms with Crippen LogP contribution in [0.5, 0.6) is 0 Å². The molecular weight excluding hydrogens is 428 g/mol. The topological polar surface area (TPSA) is 87.7 Å². The number of benzene rings is 2. The van der Waals surface area contributed by atoms with E-state index in [-0.39, 0.29) is 43.6 Å². The summed E-state index contributed by atoms with van der Waals surface area (Å²) in [6.07, 6.45) is 0. The Morgan fingerprint density at radius 2 is 1.72 bits per heavy atom. The molecule has 7 nitrogen and oxygen atoms in total. The van der Waals surface area contributed by atoms with E-state index in [1.165, 1.54) is 18.2 Å². The summed E-state index contributed by atoms with van der Waals surface area (Å²) >= 11 is 5.66. The number of amides is 1. The first-order valence-corrected chi connectivity index (χ1v) is 10.5. The highest BCUT2D eigenvalue weighted by Crippen LogP contribution is 2.24. The Bertz CT molecular complexity index is 1010. The molecule has 1 aliphatic heterocycles. The number of sulfonamides is 1. The minimum absolute atomic E-state index is 0.132. The second-order valence-electron chi connectivity index (χ2n) is 6.19. The molecule has 0 aliphatic carbocycles. The highest BCUT2D eigenvalue weighted by atomic mass is 35.5. The molecule has 3 rings (SSSR count). The van der Waals surface area contributed by atoms with E-state index in [4.69, 9.17) is 16.3 Å². The van der Waals surface area contributed by atoms with Crippen LogP contribution < -0.4 is 10.6 Å². The van der Waals surface area contributed by atoms with Crippen molar-refractivity contribution >= 4 is 38.9 Å². The first-order valence-electron chi connectivity index (χ1n) is 8.63. The Balaban J connectivity index is 1.67. The van der Waals surface area contributed by atoms with E-state index in [1.54, 1.807) is 0 Å². The fraction of sp³-hybridized carbons (Fsp3) is 0.278. The number of hydrogen-bond donors (Lipinski definition) is 2. The summed E-state index contributed by atoms with van der Waals surface area (Å²) in [5.41, 5.74) is 0.559. The predicted molar refractivity (Wildman–Crippen MR) is 105 cm³/mol. The van der Waals surface area contributed by atoms with Crippen LogP contribution in [0.15, 0.2) is 41.3 Å². The molecule has 2 N–H and O–H groups in total. The van der Waals surface area contributed by atoms with Gasteiger partial charge >= 0.3 is 0 Å². The van der Waals surface area contributed by atoms with E-state index in [9.17, 15) is 22.0 Å². The molecule has 2 aromatic rings. The molecule has 0 saturated carbocycles. The zero-order valence-corrected chi connectivity index (χ0v) is 16.7. The number of hydrogen-bond acceptors (Lipinski definition) is 5. The summed E-state index contributed by atoms with van der Waals surface area (Å²) in [7, 11) is -4.02. The fourth-order valence-corrected chi connectivity index (χ4v) is 4.38. The van der Waals surface area contributed by atoms with Gasteiger partial charge in [0.05, 0.1) is 24.8 Å². The molecule has 29 heavy (non-hydrogen) atoms. The number of nitrogens with one attached hydrogen (secondary N) is 2. The van der Waals surface area contributed by atoms with Crippen LogP contribution in [0.3, 0.4) is 0 Å². The molecule has 0 radical (unpaired) electrons. The molecule has 1 amide bonds. The van der Waals surface area contributed by atoms with Crippen molar-refractivity contribution in [2.75, 3.05) is 43.5 Å². The molecule has 1 fully saturated rings. The van der Waals surface area contributed by atoms with Gasteiger partial charge in [0.15, 0.2) is 0 Å². The predicted octanol–water partition coefficient (Wildman–Crippen LogP) is 2.69. The van der Waals surface area contributed by atoms with Gasteiger partial charge in [-0.2, -0.15) is 4.31 Å². The van der Waals surface area contributed by atoms with Gasteiger partial charge in [0.25, 0.3) is 0 Å². The van der Waals surface area contributed by atoms with E-state index >= 15 is 0 Å². The number of rotatable bonds is 6. The zero-order chi connectivity index (χ0) is 21.0. The van der Waals surface area contributed by atoms with Gasteiger partial charge in [0, 0.05) is 24.5 Å². The first-order chi connectivity index (χ1) is 13.8. The fourth-order valence-electron chi connectivity index (χ4n) is 2.70. The van der Waals surface area contributed by atoms with Gasteiger partial charge in [-0.3, -0.25) is 4.79 Å². The smallest absolute Gasteiger partial charge is 0.246 e.